The summed E-state index contributed by atoms with van der Waals surface area (Å²) in [5.41, 5.74) is 0. The lowest BCUT2D eigenvalue weighted by Gasteiger charge is -2.41. The number of esters is 2. The van der Waals surface area contributed by atoms with Crippen LogP contribution in [0.25, 0.3) is 0 Å². The van der Waals surface area contributed by atoms with Gasteiger partial charge in [-0.3, -0.25) is 18.6 Å². The van der Waals surface area contributed by atoms with Crippen LogP contribution in [0.4, 0.5) is 0 Å². The average Bonchev–Trinajstić information content (AvgIpc) is 3.18. The Hall–Kier alpha value is -1.93. The molecule has 0 spiro atoms. The Morgan fingerprint density at radius 1 is 0.554 bits per heavy atom. The van der Waals surface area contributed by atoms with Crippen molar-refractivity contribution >= 4 is 19.8 Å². The van der Waals surface area contributed by atoms with Crippen molar-refractivity contribution < 1.29 is 63.1 Å². The number of aliphatic hydroxyl groups excluding tert-OH is 5. The summed E-state index contributed by atoms with van der Waals surface area (Å²) in [6.07, 6.45) is 22.3. The first-order chi connectivity index (χ1) is 26.9. The molecule has 0 aliphatic heterocycles. The number of ether oxygens (including phenoxy) is 2. The number of phosphoric ester groups is 1. The Kier molecular flexibility index (Phi) is 30.7. The molecule has 6 N–H and O–H groups in total. The molecular formula is C42H75O13P. The van der Waals surface area contributed by atoms with Crippen LogP contribution in [0.5, 0.6) is 0 Å². The number of carbonyl (C=O) groups is 2. The summed E-state index contributed by atoms with van der Waals surface area (Å²) in [5.74, 6) is -1.16. The van der Waals surface area contributed by atoms with Crippen molar-refractivity contribution in [1.82, 2.24) is 0 Å². The van der Waals surface area contributed by atoms with Crippen LogP contribution in [0.1, 0.15) is 162 Å². The highest BCUT2D eigenvalue weighted by Gasteiger charge is 2.51. The summed E-state index contributed by atoms with van der Waals surface area (Å²) in [6.45, 7) is 3.21. The van der Waals surface area contributed by atoms with E-state index in [0.717, 1.165) is 38.5 Å². The van der Waals surface area contributed by atoms with Crippen LogP contribution >= 0.6 is 7.82 Å². The molecule has 13 nitrogen and oxygen atoms in total. The number of rotatable bonds is 34. The summed E-state index contributed by atoms with van der Waals surface area (Å²) in [7, 11) is -5.12. The molecule has 0 aromatic rings. The summed E-state index contributed by atoms with van der Waals surface area (Å²) in [6, 6.07) is 0. The standard InChI is InChI=1S/C42H75O13P/c1-3-5-7-9-11-13-15-16-17-18-19-20-21-23-25-27-29-31-36(44)54-34(32-52-35(43)30-28-26-24-22-14-12-10-8-6-4-2)33-53-56(50,51)55-42-40(48)38(46)37(45)39(47)41(42)49/h16-17,19-20,23,25,34,37-42,45-49H,3-15,18,21-22,24,26-33H2,1-2H3,(H,50,51)/b17-16+,20-19+,25-23+/t34-,37?,38+,39?,40?,41?,42?/m1/s1. The minimum atomic E-state index is -5.12. The second-order valence-corrected chi connectivity index (χ2v) is 16.3. The molecule has 1 aliphatic carbocycles. The van der Waals surface area contributed by atoms with E-state index in [1.165, 1.54) is 77.0 Å². The Morgan fingerprint density at radius 3 is 1.52 bits per heavy atom. The number of aliphatic hydroxyl groups is 5. The minimum absolute atomic E-state index is 0.0263. The Labute approximate surface area is 336 Å². The van der Waals surface area contributed by atoms with Crippen molar-refractivity contribution in [2.75, 3.05) is 13.2 Å². The molecule has 56 heavy (non-hydrogen) atoms. The predicted molar refractivity (Wildman–Crippen MR) is 216 cm³/mol. The fraction of sp³-hybridized carbons (Fsp3) is 0.810. The number of unbranched alkanes of at least 4 members (excludes halogenated alkanes) is 16. The molecule has 0 saturated heterocycles. The number of hydrogen-bond acceptors (Lipinski definition) is 12. The quantitative estimate of drug-likeness (QED) is 0.0162. The van der Waals surface area contributed by atoms with Gasteiger partial charge in [0.1, 0.15) is 43.2 Å². The van der Waals surface area contributed by atoms with Crippen molar-refractivity contribution in [2.45, 2.75) is 204 Å². The molecule has 0 aromatic carbocycles. The van der Waals surface area contributed by atoms with E-state index in [2.05, 4.69) is 38.2 Å². The first-order valence-corrected chi connectivity index (χ1v) is 22.8. The third kappa shape index (κ3) is 25.4. The molecule has 14 heteroatoms. The number of phosphoric acid groups is 1. The zero-order valence-electron chi connectivity index (χ0n) is 34.2. The zero-order valence-corrected chi connectivity index (χ0v) is 35.1. The van der Waals surface area contributed by atoms with Gasteiger partial charge in [0.05, 0.1) is 6.61 Å². The molecule has 1 aliphatic rings. The lowest BCUT2D eigenvalue weighted by Crippen LogP contribution is -2.64. The third-order valence-electron chi connectivity index (χ3n) is 9.73. The lowest BCUT2D eigenvalue weighted by molar-refractivity contribution is -0.220. The van der Waals surface area contributed by atoms with Crippen LogP contribution in [-0.2, 0) is 32.7 Å². The highest BCUT2D eigenvalue weighted by molar-refractivity contribution is 7.47. The van der Waals surface area contributed by atoms with E-state index in [1.54, 1.807) is 0 Å². The van der Waals surface area contributed by atoms with Crippen LogP contribution < -0.4 is 0 Å². The first-order valence-electron chi connectivity index (χ1n) is 21.3. The summed E-state index contributed by atoms with van der Waals surface area (Å²) < 4.78 is 33.3. The molecule has 8 atom stereocenters. The van der Waals surface area contributed by atoms with Crippen molar-refractivity contribution in [3.8, 4) is 0 Å². The van der Waals surface area contributed by atoms with Crippen molar-refractivity contribution in [1.29, 1.82) is 0 Å². The largest absolute Gasteiger partial charge is 0.472 e. The SMILES string of the molecule is CCCCCCCC/C=C/C/C=C/C/C=C/CCCC(=O)O[C@H](COC(=O)CCCCCCCCCCCC)COP(=O)(O)OC1C(O)C(O)C(O)[C@H](O)C1O. The number of carbonyl (C=O) groups excluding carboxylic acids is 2. The molecule has 326 valence electrons. The van der Waals surface area contributed by atoms with Gasteiger partial charge >= 0.3 is 19.8 Å². The molecule has 6 unspecified atom stereocenters. The van der Waals surface area contributed by atoms with Crippen molar-refractivity contribution in [3.63, 3.8) is 0 Å². The van der Waals surface area contributed by atoms with Crippen LogP contribution in [-0.4, -0.2) is 98.3 Å². The van der Waals surface area contributed by atoms with Gasteiger partial charge < -0.3 is 39.9 Å². The molecule has 0 amide bonds. The molecule has 0 heterocycles. The summed E-state index contributed by atoms with van der Waals surface area (Å²) in [4.78, 5) is 35.5. The molecular weight excluding hydrogens is 743 g/mol. The maximum atomic E-state index is 12.8. The van der Waals surface area contributed by atoms with E-state index in [-0.39, 0.29) is 12.8 Å². The molecule has 1 fully saturated rings. The van der Waals surface area contributed by atoms with Gasteiger partial charge in [0.2, 0.25) is 0 Å². The van der Waals surface area contributed by atoms with Gasteiger partial charge in [0, 0.05) is 12.8 Å². The predicted octanol–water partition coefficient (Wildman–Crippen LogP) is 7.44. The van der Waals surface area contributed by atoms with Crippen LogP contribution in [0.2, 0.25) is 0 Å². The van der Waals surface area contributed by atoms with Gasteiger partial charge in [-0.15, -0.1) is 0 Å². The average molecular weight is 819 g/mol. The van der Waals surface area contributed by atoms with Gasteiger partial charge in [-0.25, -0.2) is 4.57 Å². The molecule has 1 rings (SSSR count). The monoisotopic (exact) mass is 818 g/mol. The normalized spacial score (nSPS) is 23.2. The zero-order chi connectivity index (χ0) is 41.4. The van der Waals surface area contributed by atoms with Gasteiger partial charge in [0.25, 0.3) is 0 Å². The van der Waals surface area contributed by atoms with Crippen molar-refractivity contribution in [2.24, 2.45) is 0 Å². The van der Waals surface area contributed by atoms with E-state index < -0.39 is 75.7 Å². The number of hydrogen-bond donors (Lipinski definition) is 6. The highest BCUT2D eigenvalue weighted by Crippen LogP contribution is 2.47. The Morgan fingerprint density at radius 2 is 0.982 bits per heavy atom. The summed E-state index contributed by atoms with van der Waals surface area (Å²) in [5, 5.41) is 50.0. The fourth-order valence-corrected chi connectivity index (χ4v) is 7.22. The van der Waals surface area contributed by atoms with E-state index in [0.29, 0.717) is 19.3 Å². The fourth-order valence-electron chi connectivity index (χ4n) is 6.24. The molecule has 0 radical (unpaired) electrons. The molecule has 0 aromatic heterocycles. The first kappa shape index (κ1) is 52.1. The van der Waals surface area contributed by atoms with Gasteiger partial charge in [-0.05, 0) is 44.9 Å². The Bertz CT molecular complexity index is 1130. The second-order valence-electron chi connectivity index (χ2n) is 14.8. The maximum absolute atomic E-state index is 12.8. The second kappa shape index (κ2) is 33.0. The number of allylic oxidation sites excluding steroid dienone is 6. The minimum Gasteiger partial charge on any atom is -0.462 e. The maximum Gasteiger partial charge on any atom is 0.472 e. The van der Waals surface area contributed by atoms with Gasteiger partial charge in [-0.2, -0.15) is 0 Å². The van der Waals surface area contributed by atoms with E-state index in [9.17, 15) is 44.6 Å². The highest BCUT2D eigenvalue weighted by atomic mass is 31.2. The molecule has 1 saturated carbocycles. The van der Waals surface area contributed by atoms with E-state index >= 15 is 0 Å². The van der Waals surface area contributed by atoms with E-state index in [4.69, 9.17) is 18.5 Å². The Balaban J connectivity index is 2.54. The van der Waals surface area contributed by atoms with Crippen LogP contribution in [0.15, 0.2) is 36.5 Å². The summed E-state index contributed by atoms with van der Waals surface area (Å²) >= 11 is 0. The van der Waals surface area contributed by atoms with Crippen LogP contribution in [0.3, 0.4) is 0 Å². The molecule has 0 bridgehead atoms. The van der Waals surface area contributed by atoms with Gasteiger partial charge in [0.15, 0.2) is 6.10 Å². The van der Waals surface area contributed by atoms with Crippen LogP contribution in [0, 0.1) is 0 Å². The third-order valence-corrected chi connectivity index (χ3v) is 10.7. The smallest absolute Gasteiger partial charge is 0.462 e. The van der Waals surface area contributed by atoms with Gasteiger partial charge in [-0.1, -0.05) is 140 Å². The van der Waals surface area contributed by atoms with Crippen molar-refractivity contribution in [3.05, 3.63) is 36.5 Å². The lowest BCUT2D eigenvalue weighted by atomic mass is 9.85. The topological polar surface area (TPSA) is 210 Å². The van der Waals surface area contributed by atoms with E-state index in [1.807, 2.05) is 12.2 Å².